The number of nitrogens with zero attached hydrogens (tertiary/aromatic N) is 2. The van der Waals surface area contributed by atoms with Crippen LogP contribution in [0, 0.1) is 0 Å². The molecule has 0 aromatic carbocycles. The number of rotatable bonds is 7. The lowest BCUT2D eigenvalue weighted by molar-refractivity contribution is -0.147. The molecule has 0 saturated heterocycles. The second kappa shape index (κ2) is 7.88. The first-order valence-corrected chi connectivity index (χ1v) is 6.24. The van der Waals surface area contributed by atoms with Crippen LogP contribution in [0.15, 0.2) is 12.4 Å². The van der Waals surface area contributed by atoms with Gasteiger partial charge in [0.15, 0.2) is 0 Å². The maximum absolute atomic E-state index is 11.6. The van der Waals surface area contributed by atoms with Crippen molar-refractivity contribution in [3.05, 3.63) is 18.0 Å². The quantitative estimate of drug-likeness (QED) is 0.571. The van der Waals surface area contributed by atoms with E-state index in [2.05, 4.69) is 20.5 Å². The highest BCUT2D eigenvalue weighted by Gasteiger charge is 2.23. The second-order valence-corrected chi connectivity index (χ2v) is 4.34. The van der Waals surface area contributed by atoms with Gasteiger partial charge in [-0.3, -0.25) is 9.48 Å². The molecule has 0 unspecified atom stereocenters. The number of hydrogen-bond donors (Lipinski definition) is 3. The maximum Gasteiger partial charge on any atom is 0.326 e. The third-order valence-electron chi connectivity index (χ3n) is 2.66. The van der Waals surface area contributed by atoms with E-state index in [-0.39, 0.29) is 0 Å². The summed E-state index contributed by atoms with van der Waals surface area (Å²) in [5.74, 6) is -2.01. The molecule has 2 amide bonds. The van der Waals surface area contributed by atoms with Crippen molar-refractivity contribution >= 4 is 18.0 Å². The fourth-order valence-electron chi connectivity index (χ4n) is 1.58. The van der Waals surface area contributed by atoms with Gasteiger partial charge in [-0.05, 0) is 12.0 Å². The van der Waals surface area contributed by atoms with Crippen molar-refractivity contribution in [1.29, 1.82) is 0 Å². The highest BCUT2D eigenvalue weighted by atomic mass is 16.5. The number of esters is 1. The third-order valence-corrected chi connectivity index (χ3v) is 2.66. The van der Waals surface area contributed by atoms with Crippen molar-refractivity contribution in [1.82, 2.24) is 20.4 Å². The molecule has 0 radical (unpaired) electrons. The Hall–Kier alpha value is -2.58. The topological polar surface area (TPSA) is 123 Å². The van der Waals surface area contributed by atoms with Gasteiger partial charge >= 0.3 is 18.0 Å². The number of carboxylic acids is 1. The first-order chi connectivity index (χ1) is 9.92. The summed E-state index contributed by atoms with van der Waals surface area (Å²) in [5, 5.41) is 17.6. The summed E-state index contributed by atoms with van der Waals surface area (Å²) >= 11 is 0. The number of carbonyl (C=O) groups excluding carboxylic acids is 2. The normalized spacial score (nSPS) is 11.5. The molecule has 1 heterocycles. The molecule has 1 aromatic heterocycles. The monoisotopic (exact) mass is 298 g/mol. The van der Waals surface area contributed by atoms with Crippen LogP contribution in [-0.2, 0) is 27.8 Å². The van der Waals surface area contributed by atoms with Crippen LogP contribution in [0.3, 0.4) is 0 Å². The number of hydrogen-bond acceptors (Lipinski definition) is 5. The smallest absolute Gasteiger partial charge is 0.326 e. The Labute approximate surface area is 121 Å². The molecule has 0 saturated carbocycles. The highest BCUT2D eigenvalue weighted by Crippen LogP contribution is 1.97. The number of methoxy groups -OCH3 is 1. The van der Waals surface area contributed by atoms with Gasteiger partial charge in [0.2, 0.25) is 0 Å². The zero-order valence-electron chi connectivity index (χ0n) is 11.8. The van der Waals surface area contributed by atoms with Crippen molar-refractivity contribution in [3.63, 3.8) is 0 Å². The zero-order chi connectivity index (χ0) is 15.8. The van der Waals surface area contributed by atoms with Crippen molar-refractivity contribution in [2.24, 2.45) is 7.05 Å². The van der Waals surface area contributed by atoms with Gasteiger partial charge in [-0.25, -0.2) is 9.59 Å². The Morgan fingerprint density at radius 3 is 2.71 bits per heavy atom. The molecule has 0 spiro atoms. The molecule has 9 heteroatoms. The molecular formula is C12H18N4O5. The van der Waals surface area contributed by atoms with Crippen LogP contribution in [0.2, 0.25) is 0 Å². The van der Waals surface area contributed by atoms with Crippen LogP contribution in [0.25, 0.3) is 0 Å². The molecule has 1 atom stereocenters. The number of ether oxygens (including phenoxy) is 1. The molecule has 0 fully saturated rings. The van der Waals surface area contributed by atoms with E-state index in [1.807, 2.05) is 6.20 Å². The second-order valence-electron chi connectivity index (χ2n) is 4.34. The lowest BCUT2D eigenvalue weighted by atomic mass is 10.2. The minimum atomic E-state index is -1.32. The first-order valence-electron chi connectivity index (χ1n) is 6.24. The van der Waals surface area contributed by atoms with Crippen LogP contribution in [0.1, 0.15) is 12.0 Å². The predicted octanol–water partition coefficient (Wildman–Crippen LogP) is -0.722. The molecule has 1 aromatic rings. The van der Waals surface area contributed by atoms with Gasteiger partial charge in [0.25, 0.3) is 0 Å². The van der Waals surface area contributed by atoms with Gasteiger partial charge < -0.3 is 20.5 Å². The summed E-state index contributed by atoms with van der Waals surface area (Å²) in [6.07, 6.45) is 3.63. The molecule has 0 bridgehead atoms. The highest BCUT2D eigenvalue weighted by molar-refractivity contribution is 5.86. The predicted molar refractivity (Wildman–Crippen MR) is 71.5 cm³/mol. The van der Waals surface area contributed by atoms with E-state index in [9.17, 15) is 14.4 Å². The van der Waals surface area contributed by atoms with E-state index in [1.165, 1.54) is 0 Å². The van der Waals surface area contributed by atoms with Crippen LogP contribution in [0.4, 0.5) is 4.79 Å². The summed E-state index contributed by atoms with van der Waals surface area (Å²) in [5.41, 5.74) is 0.946. The Morgan fingerprint density at radius 1 is 1.48 bits per heavy atom. The standard InChI is InChI=1S/C12H18N4O5/c1-16-7-8(6-14-16)3-4-13-12(20)15-9(11(18)19)5-10(17)21-2/h6-7,9H,3-5H2,1-2H3,(H,18,19)(H2,13,15,20)/t9-/m0/s1. The van der Waals surface area contributed by atoms with E-state index in [0.29, 0.717) is 13.0 Å². The number of urea groups is 1. The lowest BCUT2D eigenvalue weighted by Gasteiger charge is -2.13. The van der Waals surface area contributed by atoms with E-state index in [0.717, 1.165) is 12.7 Å². The number of nitrogens with one attached hydrogen (secondary N) is 2. The average Bonchev–Trinajstić information content (AvgIpc) is 2.83. The van der Waals surface area contributed by atoms with Gasteiger partial charge in [0.05, 0.1) is 19.7 Å². The van der Waals surface area contributed by atoms with Crippen LogP contribution in [0.5, 0.6) is 0 Å². The van der Waals surface area contributed by atoms with Crippen molar-refractivity contribution in [2.45, 2.75) is 18.9 Å². The number of carbonyl (C=O) groups is 3. The summed E-state index contributed by atoms with van der Waals surface area (Å²) < 4.78 is 6.02. The summed E-state index contributed by atoms with van der Waals surface area (Å²) in [6.45, 7) is 0.322. The Morgan fingerprint density at radius 2 is 2.19 bits per heavy atom. The number of aromatic nitrogens is 2. The molecule has 3 N–H and O–H groups in total. The number of aryl methyl sites for hydroxylation is 1. The van der Waals surface area contributed by atoms with Crippen molar-refractivity contribution < 1.29 is 24.2 Å². The summed E-state index contributed by atoms with van der Waals surface area (Å²) in [7, 11) is 2.93. The fourth-order valence-corrected chi connectivity index (χ4v) is 1.58. The van der Waals surface area contributed by atoms with Gasteiger partial charge in [-0.1, -0.05) is 0 Å². The number of amides is 2. The van der Waals surface area contributed by atoms with Gasteiger partial charge in [0, 0.05) is 19.8 Å². The summed E-state index contributed by atoms with van der Waals surface area (Å²) in [6, 6.07) is -1.98. The first kappa shape index (κ1) is 16.5. The van der Waals surface area contributed by atoms with E-state index < -0.39 is 30.4 Å². The van der Waals surface area contributed by atoms with Crippen LogP contribution >= 0.6 is 0 Å². The number of carboxylic acid groups (broad SMARTS) is 1. The van der Waals surface area contributed by atoms with Gasteiger partial charge in [-0.15, -0.1) is 0 Å². The van der Waals surface area contributed by atoms with Crippen LogP contribution < -0.4 is 10.6 Å². The van der Waals surface area contributed by atoms with Crippen molar-refractivity contribution in [3.8, 4) is 0 Å². The molecule has 0 aliphatic carbocycles. The Kier molecular flexibility index (Phi) is 6.18. The largest absolute Gasteiger partial charge is 0.480 e. The molecule has 21 heavy (non-hydrogen) atoms. The average molecular weight is 298 g/mol. The van der Waals surface area contributed by atoms with E-state index in [1.54, 1.807) is 17.9 Å². The van der Waals surface area contributed by atoms with Gasteiger partial charge in [0.1, 0.15) is 6.04 Å². The molecule has 116 valence electrons. The SMILES string of the molecule is COC(=O)C[C@H](NC(=O)NCCc1cnn(C)c1)C(=O)O. The zero-order valence-corrected chi connectivity index (χ0v) is 11.8. The molecule has 0 aliphatic heterocycles. The van der Waals surface area contributed by atoms with Gasteiger partial charge in [-0.2, -0.15) is 5.10 Å². The molecule has 9 nitrogen and oxygen atoms in total. The van der Waals surface area contributed by atoms with Crippen molar-refractivity contribution in [2.75, 3.05) is 13.7 Å². The summed E-state index contributed by atoms with van der Waals surface area (Å²) in [4.78, 5) is 33.5. The minimum absolute atomic E-state index is 0.322. The molecule has 0 aliphatic rings. The Balaban J connectivity index is 2.36. The van der Waals surface area contributed by atoms with Crippen LogP contribution in [-0.4, -0.2) is 52.6 Å². The maximum atomic E-state index is 11.6. The molecule has 1 rings (SSSR count). The minimum Gasteiger partial charge on any atom is -0.480 e. The third kappa shape index (κ3) is 5.93. The molecular weight excluding hydrogens is 280 g/mol. The Bertz CT molecular complexity index is 514. The lowest BCUT2D eigenvalue weighted by Crippen LogP contribution is -2.47. The fraction of sp³-hybridized carbons (Fsp3) is 0.500. The van der Waals surface area contributed by atoms with E-state index >= 15 is 0 Å². The number of aliphatic carboxylic acids is 1. The van der Waals surface area contributed by atoms with E-state index in [4.69, 9.17) is 5.11 Å².